The lowest BCUT2D eigenvalue weighted by Crippen LogP contribution is -2.32. The van der Waals surface area contributed by atoms with Crippen LogP contribution >= 0.6 is 15.9 Å². The predicted molar refractivity (Wildman–Crippen MR) is 62.2 cm³/mol. The number of hydrogen-bond donors (Lipinski definition) is 0. The Morgan fingerprint density at radius 1 is 1.29 bits per heavy atom. The van der Waals surface area contributed by atoms with Gasteiger partial charge in [-0.25, -0.2) is 0 Å². The molecule has 0 unspecified atom stereocenters. The monoisotopic (exact) mass is 319 g/mol. The van der Waals surface area contributed by atoms with Crippen molar-refractivity contribution in [2.45, 2.75) is 25.4 Å². The summed E-state index contributed by atoms with van der Waals surface area (Å²) in [6, 6.07) is 0. The van der Waals surface area contributed by atoms with Gasteiger partial charge in [0.2, 0.25) is 5.91 Å². The number of hydrogen-bond acceptors (Lipinski definition) is 2. The van der Waals surface area contributed by atoms with Crippen molar-refractivity contribution >= 4 is 21.8 Å². The Balaban J connectivity index is 3.60. The van der Waals surface area contributed by atoms with Crippen LogP contribution in [0.5, 0.6) is 0 Å². The number of ether oxygens (including phenoxy) is 1. The van der Waals surface area contributed by atoms with Gasteiger partial charge in [0, 0.05) is 18.9 Å². The minimum atomic E-state index is -4.38. The number of nitrogens with zero attached hydrogens (tertiary/aromatic N) is 1. The summed E-state index contributed by atoms with van der Waals surface area (Å²) in [5.41, 5.74) is 0. The lowest BCUT2D eigenvalue weighted by molar-refractivity contribution is -0.177. The average molecular weight is 320 g/mol. The minimum Gasteiger partial charge on any atom is -0.362 e. The Morgan fingerprint density at radius 3 is 2.47 bits per heavy atom. The lowest BCUT2D eigenvalue weighted by Gasteiger charge is -2.17. The largest absolute Gasteiger partial charge is 0.411 e. The number of carbonyl (C=O) groups excluding carboxylic acids is 1. The molecule has 0 spiro atoms. The number of halogens is 4. The van der Waals surface area contributed by atoms with Gasteiger partial charge >= 0.3 is 6.18 Å². The maximum Gasteiger partial charge on any atom is 0.411 e. The topological polar surface area (TPSA) is 29.5 Å². The van der Waals surface area contributed by atoms with Crippen molar-refractivity contribution in [1.29, 1.82) is 0 Å². The normalized spacial score (nSPS) is 11.6. The zero-order valence-electron chi connectivity index (χ0n) is 9.73. The Labute approximate surface area is 107 Å². The first-order valence-electron chi connectivity index (χ1n) is 5.31. The Morgan fingerprint density at radius 2 is 1.94 bits per heavy atom. The summed E-state index contributed by atoms with van der Waals surface area (Å²) in [6.07, 6.45) is -1.54. The highest BCUT2D eigenvalue weighted by Crippen LogP contribution is 2.14. The molecule has 0 aliphatic heterocycles. The van der Waals surface area contributed by atoms with E-state index in [1.54, 1.807) is 7.05 Å². The van der Waals surface area contributed by atoms with Crippen molar-refractivity contribution in [1.82, 2.24) is 4.90 Å². The van der Waals surface area contributed by atoms with Crippen molar-refractivity contribution in [2.24, 2.45) is 0 Å². The van der Waals surface area contributed by atoms with Gasteiger partial charge in [-0.1, -0.05) is 22.4 Å². The van der Waals surface area contributed by atoms with E-state index >= 15 is 0 Å². The van der Waals surface area contributed by atoms with E-state index in [-0.39, 0.29) is 0 Å². The fourth-order valence-electron chi connectivity index (χ4n) is 1.11. The standard InChI is InChI=1S/C10H17BrF3NO2/c1-15(6-4-2-3-5-11)9(16)7-17-8-10(12,13)14/h2-8H2,1H3. The quantitative estimate of drug-likeness (QED) is 0.508. The Bertz CT molecular complexity index is 224. The van der Waals surface area contributed by atoms with Crippen molar-refractivity contribution in [3.8, 4) is 0 Å². The molecule has 1 amide bonds. The summed E-state index contributed by atoms with van der Waals surface area (Å²) in [7, 11) is 1.56. The molecule has 0 atom stereocenters. The maximum absolute atomic E-state index is 11.7. The highest BCUT2D eigenvalue weighted by molar-refractivity contribution is 9.09. The zero-order chi connectivity index (χ0) is 13.3. The first-order valence-corrected chi connectivity index (χ1v) is 6.43. The smallest absolute Gasteiger partial charge is 0.362 e. The molecule has 3 nitrogen and oxygen atoms in total. The van der Waals surface area contributed by atoms with Crippen molar-refractivity contribution in [3.05, 3.63) is 0 Å². The molecule has 0 N–H and O–H groups in total. The van der Waals surface area contributed by atoms with Crippen LogP contribution < -0.4 is 0 Å². The van der Waals surface area contributed by atoms with Gasteiger partial charge in [-0.05, 0) is 12.8 Å². The molecule has 0 aromatic rings. The van der Waals surface area contributed by atoms with E-state index in [9.17, 15) is 18.0 Å². The highest BCUT2D eigenvalue weighted by Gasteiger charge is 2.28. The Kier molecular flexibility index (Phi) is 8.59. The van der Waals surface area contributed by atoms with E-state index in [4.69, 9.17) is 0 Å². The molecule has 7 heteroatoms. The zero-order valence-corrected chi connectivity index (χ0v) is 11.3. The van der Waals surface area contributed by atoms with E-state index in [1.807, 2.05) is 0 Å². The maximum atomic E-state index is 11.7. The van der Waals surface area contributed by atoms with Gasteiger partial charge < -0.3 is 9.64 Å². The highest BCUT2D eigenvalue weighted by atomic mass is 79.9. The molecule has 0 radical (unpaired) electrons. The van der Waals surface area contributed by atoms with E-state index < -0.39 is 25.3 Å². The minimum absolute atomic E-state index is 0.423. The first-order chi connectivity index (χ1) is 7.87. The van der Waals surface area contributed by atoms with Gasteiger partial charge in [-0.2, -0.15) is 13.2 Å². The summed E-state index contributed by atoms with van der Waals surface area (Å²) in [4.78, 5) is 12.7. The Hall–Kier alpha value is -0.300. The molecule has 0 aliphatic carbocycles. The summed E-state index contributed by atoms with van der Waals surface area (Å²) >= 11 is 3.29. The van der Waals surface area contributed by atoms with Gasteiger partial charge in [0.15, 0.2) is 0 Å². The lowest BCUT2D eigenvalue weighted by atomic mass is 10.2. The van der Waals surface area contributed by atoms with Crippen LogP contribution in [-0.4, -0.2) is 49.1 Å². The van der Waals surface area contributed by atoms with Crippen LogP contribution in [0.3, 0.4) is 0 Å². The van der Waals surface area contributed by atoms with Crippen molar-refractivity contribution in [2.75, 3.05) is 32.1 Å². The second-order valence-electron chi connectivity index (χ2n) is 3.67. The van der Waals surface area contributed by atoms with E-state index in [0.717, 1.165) is 24.6 Å². The molecule has 0 rings (SSSR count). The van der Waals surface area contributed by atoms with Gasteiger partial charge in [0.1, 0.15) is 13.2 Å². The molecule has 0 aromatic heterocycles. The molecule has 0 fully saturated rings. The molecular formula is C10H17BrF3NO2. The number of alkyl halides is 4. The van der Waals surface area contributed by atoms with Crippen LogP contribution in [0.1, 0.15) is 19.3 Å². The molecule has 0 saturated carbocycles. The summed E-state index contributed by atoms with van der Waals surface area (Å²) in [5, 5.41) is 0.916. The van der Waals surface area contributed by atoms with E-state index in [0.29, 0.717) is 6.54 Å². The van der Waals surface area contributed by atoms with Crippen LogP contribution in [0.4, 0.5) is 13.2 Å². The SMILES string of the molecule is CN(CCCCCBr)C(=O)COCC(F)(F)F. The fourth-order valence-corrected chi connectivity index (χ4v) is 1.51. The van der Waals surface area contributed by atoms with Crippen LogP contribution in [0.25, 0.3) is 0 Å². The molecule has 102 valence electrons. The van der Waals surface area contributed by atoms with Gasteiger partial charge in [0.05, 0.1) is 0 Å². The summed E-state index contributed by atoms with van der Waals surface area (Å²) in [5.74, 6) is -0.423. The molecule has 0 saturated heterocycles. The molecule has 17 heavy (non-hydrogen) atoms. The third-order valence-corrected chi connectivity index (χ3v) is 2.60. The van der Waals surface area contributed by atoms with E-state index in [2.05, 4.69) is 20.7 Å². The van der Waals surface area contributed by atoms with Crippen LogP contribution in [0.2, 0.25) is 0 Å². The molecule has 0 aliphatic rings. The third-order valence-electron chi connectivity index (χ3n) is 2.04. The molecule has 0 aromatic carbocycles. The average Bonchev–Trinajstić information content (AvgIpc) is 2.22. The summed E-state index contributed by atoms with van der Waals surface area (Å²) < 4.78 is 39.5. The number of amides is 1. The van der Waals surface area contributed by atoms with Gasteiger partial charge in [-0.15, -0.1) is 0 Å². The second-order valence-corrected chi connectivity index (χ2v) is 4.47. The van der Waals surface area contributed by atoms with Crippen LogP contribution in [0, 0.1) is 0 Å². The third kappa shape index (κ3) is 10.6. The number of unbranched alkanes of at least 4 members (excludes halogenated alkanes) is 2. The van der Waals surface area contributed by atoms with Gasteiger partial charge in [0.25, 0.3) is 0 Å². The molecular weight excluding hydrogens is 303 g/mol. The predicted octanol–water partition coefficient (Wildman–Crippen LogP) is 2.59. The number of likely N-dealkylation sites (N-methyl/N-ethyl adjacent to an activating group) is 1. The van der Waals surface area contributed by atoms with Crippen molar-refractivity contribution < 1.29 is 22.7 Å². The molecule has 0 heterocycles. The van der Waals surface area contributed by atoms with Crippen LogP contribution in [-0.2, 0) is 9.53 Å². The van der Waals surface area contributed by atoms with Crippen molar-refractivity contribution in [3.63, 3.8) is 0 Å². The summed E-state index contributed by atoms with van der Waals surface area (Å²) in [6.45, 7) is -1.36. The van der Waals surface area contributed by atoms with E-state index in [1.165, 1.54) is 4.90 Å². The molecule has 0 bridgehead atoms. The number of carbonyl (C=O) groups is 1. The number of rotatable bonds is 8. The van der Waals surface area contributed by atoms with Crippen LogP contribution in [0.15, 0.2) is 0 Å². The second kappa shape index (κ2) is 8.74. The first kappa shape index (κ1) is 16.7. The van der Waals surface area contributed by atoms with Gasteiger partial charge in [-0.3, -0.25) is 4.79 Å². The fraction of sp³-hybridized carbons (Fsp3) is 0.900.